The molecule has 0 aromatic heterocycles. The Balaban J connectivity index is 1.70. The maximum atomic E-state index is 13.1. The Labute approximate surface area is 182 Å². The molecule has 0 saturated carbocycles. The Kier molecular flexibility index (Phi) is 6.91. The zero-order valence-electron chi connectivity index (χ0n) is 18.1. The predicted molar refractivity (Wildman–Crippen MR) is 118 cm³/mol. The average Bonchev–Trinajstić information content (AvgIpc) is 2.98. The van der Waals surface area contributed by atoms with Crippen LogP contribution in [0.3, 0.4) is 0 Å². The van der Waals surface area contributed by atoms with E-state index < -0.39 is 11.6 Å². The largest absolute Gasteiger partial charge is 0.495 e. The van der Waals surface area contributed by atoms with Gasteiger partial charge in [-0.25, -0.2) is 9.69 Å². The van der Waals surface area contributed by atoms with Crippen LogP contribution in [-0.4, -0.2) is 54.5 Å². The first kappa shape index (κ1) is 22.3. The molecule has 31 heavy (non-hydrogen) atoms. The van der Waals surface area contributed by atoms with Crippen LogP contribution < -0.4 is 15.4 Å². The number of methoxy groups -OCH3 is 1. The summed E-state index contributed by atoms with van der Waals surface area (Å²) in [5.41, 5.74) is 0.153. The second-order valence-corrected chi connectivity index (χ2v) is 7.60. The lowest BCUT2D eigenvalue weighted by atomic mass is 9.92. The van der Waals surface area contributed by atoms with E-state index in [1.54, 1.807) is 30.0 Å². The molecule has 1 heterocycles. The summed E-state index contributed by atoms with van der Waals surface area (Å²) in [5, 5.41) is 5.63. The van der Waals surface area contributed by atoms with Crippen molar-refractivity contribution in [3.05, 3.63) is 60.2 Å². The topological polar surface area (TPSA) is 91.0 Å². The number of imide groups is 1. The number of nitrogens with one attached hydrogen (secondary N) is 2. The summed E-state index contributed by atoms with van der Waals surface area (Å²) in [6.07, 6.45) is 0.765. The van der Waals surface area contributed by atoms with E-state index in [1.165, 1.54) is 12.0 Å². The van der Waals surface area contributed by atoms with Gasteiger partial charge in [-0.1, -0.05) is 49.4 Å². The van der Waals surface area contributed by atoms with E-state index in [0.717, 1.165) is 6.42 Å². The van der Waals surface area contributed by atoms with Crippen LogP contribution in [0.2, 0.25) is 0 Å². The minimum atomic E-state index is -1.13. The number of nitrogens with zero attached hydrogens (tertiary/aromatic N) is 2. The Bertz CT molecular complexity index is 950. The lowest BCUT2D eigenvalue weighted by molar-refractivity contribution is -0.133. The lowest BCUT2D eigenvalue weighted by Crippen LogP contribution is -2.46. The van der Waals surface area contributed by atoms with Crippen molar-refractivity contribution in [2.45, 2.75) is 25.8 Å². The third-order valence-corrected chi connectivity index (χ3v) is 5.26. The summed E-state index contributed by atoms with van der Waals surface area (Å²) in [4.78, 5) is 41.3. The summed E-state index contributed by atoms with van der Waals surface area (Å²) in [6.45, 7) is 4.29. The van der Waals surface area contributed by atoms with E-state index in [2.05, 4.69) is 10.6 Å². The molecule has 8 nitrogen and oxygen atoms in total. The molecule has 1 saturated heterocycles. The van der Waals surface area contributed by atoms with Gasteiger partial charge in [0, 0.05) is 6.54 Å². The Morgan fingerprint density at radius 2 is 1.81 bits per heavy atom. The van der Waals surface area contributed by atoms with Crippen LogP contribution in [0.15, 0.2) is 54.6 Å². The van der Waals surface area contributed by atoms with E-state index in [0.29, 0.717) is 23.5 Å². The normalized spacial score (nSPS) is 18.3. The molecule has 4 amide bonds. The van der Waals surface area contributed by atoms with E-state index >= 15 is 0 Å². The maximum Gasteiger partial charge on any atom is 0.326 e. The minimum Gasteiger partial charge on any atom is -0.495 e. The van der Waals surface area contributed by atoms with E-state index in [4.69, 9.17) is 4.74 Å². The highest BCUT2D eigenvalue weighted by Gasteiger charge is 2.49. The van der Waals surface area contributed by atoms with Gasteiger partial charge in [0.2, 0.25) is 5.91 Å². The van der Waals surface area contributed by atoms with Crippen LogP contribution in [0.4, 0.5) is 10.5 Å². The molecule has 1 aliphatic heterocycles. The predicted octanol–water partition coefficient (Wildman–Crippen LogP) is 2.77. The van der Waals surface area contributed by atoms with Crippen molar-refractivity contribution >= 4 is 23.5 Å². The van der Waals surface area contributed by atoms with Gasteiger partial charge >= 0.3 is 6.03 Å². The zero-order valence-corrected chi connectivity index (χ0v) is 18.1. The van der Waals surface area contributed by atoms with Gasteiger partial charge in [-0.3, -0.25) is 14.5 Å². The SMILES string of the molecule is CCCN(CC(=O)Nc1ccccc1OC)CN1C(=O)N[C@](C)(c2ccccc2)C1=O. The molecule has 0 spiro atoms. The first-order valence-corrected chi connectivity index (χ1v) is 10.2. The Morgan fingerprint density at radius 1 is 1.13 bits per heavy atom. The fraction of sp³-hybridized carbons (Fsp3) is 0.348. The van der Waals surface area contributed by atoms with Gasteiger partial charge in [0.25, 0.3) is 5.91 Å². The molecule has 0 unspecified atom stereocenters. The number of amides is 4. The van der Waals surface area contributed by atoms with Gasteiger partial charge in [-0.15, -0.1) is 0 Å². The number of benzene rings is 2. The molecular weight excluding hydrogens is 396 g/mol. The van der Waals surface area contributed by atoms with Crippen molar-refractivity contribution in [3.63, 3.8) is 0 Å². The molecular formula is C23H28N4O4. The Morgan fingerprint density at radius 3 is 2.48 bits per heavy atom. The maximum absolute atomic E-state index is 13.1. The fourth-order valence-corrected chi connectivity index (χ4v) is 3.65. The highest BCUT2D eigenvalue weighted by molar-refractivity contribution is 6.07. The van der Waals surface area contributed by atoms with Gasteiger partial charge in [-0.05, 0) is 31.0 Å². The molecule has 0 bridgehead atoms. The van der Waals surface area contributed by atoms with Crippen molar-refractivity contribution in [2.24, 2.45) is 0 Å². The quantitative estimate of drug-likeness (QED) is 0.604. The van der Waals surface area contributed by atoms with Crippen LogP contribution in [0.1, 0.15) is 25.8 Å². The number of urea groups is 1. The van der Waals surface area contributed by atoms with Crippen LogP contribution >= 0.6 is 0 Å². The van der Waals surface area contributed by atoms with Gasteiger partial charge < -0.3 is 15.4 Å². The van der Waals surface area contributed by atoms with E-state index in [-0.39, 0.29) is 25.0 Å². The molecule has 0 aliphatic carbocycles. The molecule has 2 aromatic carbocycles. The van der Waals surface area contributed by atoms with Crippen molar-refractivity contribution in [2.75, 3.05) is 32.2 Å². The summed E-state index contributed by atoms with van der Waals surface area (Å²) in [6, 6.07) is 15.8. The number of hydrogen-bond acceptors (Lipinski definition) is 5. The summed E-state index contributed by atoms with van der Waals surface area (Å²) in [5.74, 6) is -0.0311. The number of ether oxygens (including phenoxy) is 1. The molecule has 3 rings (SSSR count). The first-order chi connectivity index (χ1) is 14.9. The summed E-state index contributed by atoms with van der Waals surface area (Å²) < 4.78 is 5.27. The Hall–Kier alpha value is -3.39. The molecule has 1 aliphatic rings. The van der Waals surface area contributed by atoms with Gasteiger partial charge in [-0.2, -0.15) is 0 Å². The number of carbonyl (C=O) groups excluding carboxylic acids is 3. The molecule has 1 fully saturated rings. The molecule has 2 N–H and O–H groups in total. The second kappa shape index (κ2) is 9.61. The summed E-state index contributed by atoms with van der Waals surface area (Å²) >= 11 is 0. The van der Waals surface area contributed by atoms with E-state index in [1.807, 2.05) is 43.3 Å². The number of hydrogen-bond donors (Lipinski definition) is 2. The number of rotatable bonds is 9. The monoisotopic (exact) mass is 424 g/mol. The van der Waals surface area contributed by atoms with Gasteiger partial charge in [0.05, 0.1) is 26.0 Å². The third kappa shape index (κ3) is 4.86. The number of anilines is 1. The first-order valence-electron chi connectivity index (χ1n) is 10.2. The fourth-order valence-electron chi connectivity index (χ4n) is 3.65. The van der Waals surface area contributed by atoms with Crippen LogP contribution in [-0.2, 0) is 15.1 Å². The molecule has 8 heteroatoms. The molecule has 1 atom stereocenters. The van der Waals surface area contributed by atoms with Gasteiger partial charge in [0.15, 0.2) is 0 Å². The van der Waals surface area contributed by atoms with Crippen LogP contribution in [0.5, 0.6) is 5.75 Å². The van der Waals surface area contributed by atoms with Gasteiger partial charge in [0.1, 0.15) is 11.3 Å². The van der Waals surface area contributed by atoms with Crippen LogP contribution in [0, 0.1) is 0 Å². The third-order valence-electron chi connectivity index (χ3n) is 5.26. The van der Waals surface area contributed by atoms with Crippen molar-refractivity contribution in [1.29, 1.82) is 0 Å². The lowest BCUT2D eigenvalue weighted by Gasteiger charge is -2.27. The molecule has 2 aromatic rings. The summed E-state index contributed by atoms with van der Waals surface area (Å²) in [7, 11) is 1.54. The minimum absolute atomic E-state index is 0.0281. The zero-order chi connectivity index (χ0) is 22.4. The van der Waals surface area contributed by atoms with Crippen molar-refractivity contribution < 1.29 is 19.1 Å². The smallest absolute Gasteiger partial charge is 0.326 e. The molecule has 164 valence electrons. The average molecular weight is 425 g/mol. The highest BCUT2D eigenvalue weighted by atomic mass is 16.5. The van der Waals surface area contributed by atoms with Crippen molar-refractivity contribution in [3.8, 4) is 5.75 Å². The highest BCUT2D eigenvalue weighted by Crippen LogP contribution is 2.29. The van der Waals surface area contributed by atoms with Crippen molar-refractivity contribution in [1.82, 2.24) is 15.1 Å². The standard InChI is InChI=1S/C23H28N4O4/c1-4-14-26(15-20(28)24-18-12-8-9-13-19(18)31-3)16-27-21(29)23(2,25-22(27)30)17-10-6-5-7-11-17/h5-13H,4,14-16H2,1-3H3,(H,24,28)(H,25,30)/t23-/m1/s1. The van der Waals surface area contributed by atoms with Crippen LogP contribution in [0.25, 0.3) is 0 Å². The molecule has 0 radical (unpaired) electrons. The van der Waals surface area contributed by atoms with E-state index in [9.17, 15) is 14.4 Å². The number of para-hydroxylation sites is 2. The second-order valence-electron chi connectivity index (χ2n) is 7.60. The number of carbonyl (C=O) groups is 3.